The first-order valence-electron chi connectivity index (χ1n) is 8.54. The minimum Gasteiger partial charge on any atom is -0.376 e. The Morgan fingerprint density at radius 1 is 1.31 bits per heavy atom. The Morgan fingerprint density at radius 3 is 2.65 bits per heavy atom. The van der Waals surface area contributed by atoms with E-state index in [-0.39, 0.29) is 18.3 Å². The van der Waals surface area contributed by atoms with Crippen LogP contribution in [0.4, 0.5) is 10.1 Å². The van der Waals surface area contributed by atoms with Crippen LogP contribution >= 0.6 is 0 Å². The zero-order valence-corrected chi connectivity index (χ0v) is 14.8. The number of anilines is 1. The molecule has 2 aliphatic heterocycles. The van der Waals surface area contributed by atoms with Crippen molar-refractivity contribution in [1.82, 2.24) is 10.2 Å². The summed E-state index contributed by atoms with van der Waals surface area (Å²) in [5.41, 5.74) is 0.453. The molecule has 7 nitrogen and oxygen atoms in total. The minimum atomic E-state index is -0.675. The number of ether oxygens (including phenoxy) is 1. The summed E-state index contributed by atoms with van der Waals surface area (Å²) in [6.07, 6.45) is 0.478. The molecule has 0 aromatic heterocycles. The number of carbonyl (C=O) groups excluding carboxylic acids is 3. The summed E-state index contributed by atoms with van der Waals surface area (Å²) in [6, 6.07) is 4.34. The highest BCUT2D eigenvalue weighted by Gasteiger charge is 2.39. The van der Waals surface area contributed by atoms with E-state index in [4.69, 9.17) is 4.74 Å². The third-order valence-corrected chi connectivity index (χ3v) is 4.72. The number of nitrogens with one attached hydrogen (secondary N) is 2. The highest BCUT2D eigenvalue weighted by atomic mass is 19.1. The molecule has 1 atom stereocenters. The maximum Gasteiger partial charge on any atom is 0.311 e. The fourth-order valence-corrected chi connectivity index (χ4v) is 3.08. The molecule has 8 heteroatoms. The Bertz CT molecular complexity index is 748. The van der Waals surface area contributed by atoms with Crippen LogP contribution in [0.5, 0.6) is 0 Å². The normalized spacial score (nSPS) is 21.0. The molecule has 2 saturated heterocycles. The van der Waals surface area contributed by atoms with Crippen LogP contribution in [0, 0.1) is 18.7 Å². The summed E-state index contributed by atoms with van der Waals surface area (Å²) in [5, 5.41) is 5.41. The van der Waals surface area contributed by atoms with Crippen LogP contribution < -0.4 is 10.6 Å². The molecule has 3 amide bonds. The maximum atomic E-state index is 13.3. The van der Waals surface area contributed by atoms with E-state index < -0.39 is 23.3 Å². The van der Waals surface area contributed by atoms with Gasteiger partial charge in [-0.15, -0.1) is 0 Å². The van der Waals surface area contributed by atoms with E-state index in [0.717, 1.165) is 0 Å². The highest BCUT2D eigenvalue weighted by molar-refractivity contribution is 6.35. The summed E-state index contributed by atoms with van der Waals surface area (Å²) in [4.78, 5) is 38.1. The molecule has 0 radical (unpaired) electrons. The van der Waals surface area contributed by atoms with Gasteiger partial charge in [0.2, 0.25) is 5.91 Å². The molecule has 1 aromatic carbocycles. The molecule has 0 saturated carbocycles. The van der Waals surface area contributed by atoms with E-state index >= 15 is 0 Å². The summed E-state index contributed by atoms with van der Waals surface area (Å²) in [7, 11) is 0. The molecule has 140 valence electrons. The predicted octanol–water partition coefficient (Wildman–Crippen LogP) is 0.826. The number of hydrogen-bond acceptors (Lipinski definition) is 4. The van der Waals surface area contributed by atoms with E-state index in [0.29, 0.717) is 37.4 Å². The number of benzene rings is 1. The first-order chi connectivity index (χ1) is 12.3. The molecule has 2 aliphatic rings. The monoisotopic (exact) mass is 363 g/mol. The molecule has 0 bridgehead atoms. The molecule has 3 rings (SSSR count). The van der Waals surface area contributed by atoms with Crippen molar-refractivity contribution in [3.63, 3.8) is 0 Å². The lowest BCUT2D eigenvalue weighted by Crippen LogP contribution is -2.62. The van der Waals surface area contributed by atoms with Crippen LogP contribution in [0.3, 0.4) is 0 Å². The number of nitrogens with zero attached hydrogens (tertiary/aromatic N) is 1. The van der Waals surface area contributed by atoms with Gasteiger partial charge in [-0.1, -0.05) is 0 Å². The third-order valence-electron chi connectivity index (χ3n) is 4.72. The number of aryl methyl sites for hydroxylation is 1. The van der Waals surface area contributed by atoms with Gasteiger partial charge in [0, 0.05) is 18.8 Å². The van der Waals surface area contributed by atoms with Gasteiger partial charge in [0.15, 0.2) is 0 Å². The smallest absolute Gasteiger partial charge is 0.311 e. The quantitative estimate of drug-likeness (QED) is 0.779. The second-order valence-electron chi connectivity index (χ2n) is 7.20. The molecule has 1 unspecified atom stereocenters. The lowest BCUT2D eigenvalue weighted by molar-refractivity contribution is -0.150. The van der Waals surface area contributed by atoms with Crippen molar-refractivity contribution in [2.45, 2.75) is 25.8 Å². The molecule has 0 spiro atoms. The molecule has 1 aromatic rings. The highest BCUT2D eigenvalue weighted by Crippen LogP contribution is 2.21. The second-order valence-corrected chi connectivity index (χ2v) is 7.20. The van der Waals surface area contributed by atoms with Crippen LogP contribution in [-0.4, -0.2) is 54.5 Å². The van der Waals surface area contributed by atoms with E-state index in [2.05, 4.69) is 10.6 Å². The van der Waals surface area contributed by atoms with E-state index in [1.807, 2.05) is 6.92 Å². The van der Waals surface area contributed by atoms with Crippen LogP contribution in [0.2, 0.25) is 0 Å². The Hall–Kier alpha value is -2.48. The molecule has 2 N–H and O–H groups in total. The van der Waals surface area contributed by atoms with Crippen LogP contribution in [-0.2, 0) is 19.1 Å². The molecular formula is C18H22FN3O4. The van der Waals surface area contributed by atoms with Gasteiger partial charge in [-0.25, -0.2) is 4.39 Å². The third kappa shape index (κ3) is 3.85. The van der Waals surface area contributed by atoms with Gasteiger partial charge >= 0.3 is 11.8 Å². The topological polar surface area (TPSA) is 87.7 Å². The lowest BCUT2D eigenvalue weighted by Gasteiger charge is -2.38. The molecule has 0 aliphatic carbocycles. The second kappa shape index (κ2) is 7.03. The van der Waals surface area contributed by atoms with Crippen LogP contribution in [0.25, 0.3) is 0 Å². The Kier molecular flexibility index (Phi) is 4.95. The number of likely N-dealkylation sites (tertiary alicyclic amines) is 1. The Morgan fingerprint density at radius 2 is 2.04 bits per heavy atom. The van der Waals surface area contributed by atoms with Gasteiger partial charge < -0.3 is 20.3 Å². The van der Waals surface area contributed by atoms with Crippen molar-refractivity contribution in [2.24, 2.45) is 5.92 Å². The number of carbonyl (C=O) groups is 3. The summed E-state index contributed by atoms with van der Waals surface area (Å²) < 4.78 is 18.3. The largest absolute Gasteiger partial charge is 0.376 e. The van der Waals surface area contributed by atoms with Crippen molar-refractivity contribution in [2.75, 3.05) is 31.6 Å². The van der Waals surface area contributed by atoms with Gasteiger partial charge in [0.25, 0.3) is 0 Å². The average Bonchev–Trinajstić information content (AvgIpc) is 3.06. The first-order valence-corrected chi connectivity index (χ1v) is 8.54. The van der Waals surface area contributed by atoms with E-state index in [9.17, 15) is 18.8 Å². The van der Waals surface area contributed by atoms with Crippen molar-refractivity contribution in [1.29, 1.82) is 0 Å². The number of hydrogen-bond donors (Lipinski definition) is 2. The van der Waals surface area contributed by atoms with Crippen LogP contribution in [0.15, 0.2) is 18.2 Å². The number of halogens is 1. The van der Waals surface area contributed by atoms with Gasteiger partial charge in [-0.05, 0) is 44.0 Å². The van der Waals surface area contributed by atoms with Gasteiger partial charge in [0.1, 0.15) is 5.82 Å². The maximum absolute atomic E-state index is 13.3. The number of amides is 3. The Balaban J connectivity index is 1.53. The van der Waals surface area contributed by atoms with Crippen molar-refractivity contribution >= 4 is 23.4 Å². The SMILES string of the molecule is Cc1cc(NC(=O)C2CCN(C(=O)C(=O)NC3(C)COC3)C2)ccc1F. The first kappa shape index (κ1) is 18.3. The summed E-state index contributed by atoms with van der Waals surface area (Å²) in [5.74, 6) is -2.29. The number of rotatable bonds is 3. The molecule has 2 heterocycles. The zero-order valence-electron chi connectivity index (χ0n) is 14.8. The van der Waals surface area contributed by atoms with E-state index in [1.165, 1.54) is 17.0 Å². The fourth-order valence-electron chi connectivity index (χ4n) is 3.08. The van der Waals surface area contributed by atoms with Gasteiger partial charge in [-0.2, -0.15) is 0 Å². The average molecular weight is 363 g/mol. The Labute approximate surface area is 150 Å². The van der Waals surface area contributed by atoms with Crippen molar-refractivity contribution < 1.29 is 23.5 Å². The molecule has 26 heavy (non-hydrogen) atoms. The molecular weight excluding hydrogens is 341 g/mol. The van der Waals surface area contributed by atoms with Gasteiger partial charge in [-0.3, -0.25) is 14.4 Å². The fraction of sp³-hybridized carbons (Fsp3) is 0.500. The van der Waals surface area contributed by atoms with Crippen LogP contribution in [0.1, 0.15) is 18.9 Å². The van der Waals surface area contributed by atoms with Crippen molar-refractivity contribution in [3.05, 3.63) is 29.6 Å². The lowest BCUT2D eigenvalue weighted by atomic mass is 10.0. The summed E-state index contributed by atoms with van der Waals surface area (Å²) in [6.45, 7) is 4.73. The van der Waals surface area contributed by atoms with E-state index in [1.54, 1.807) is 13.0 Å². The summed E-state index contributed by atoms with van der Waals surface area (Å²) >= 11 is 0. The van der Waals surface area contributed by atoms with Gasteiger partial charge in [0.05, 0.1) is 24.7 Å². The zero-order chi connectivity index (χ0) is 18.9. The minimum absolute atomic E-state index is 0.186. The standard InChI is InChI=1S/C18H22FN3O4/c1-11-7-13(3-4-14(11)19)20-15(23)12-5-6-22(8-12)17(25)16(24)21-18(2)9-26-10-18/h3-4,7,12H,5-6,8-10H2,1-2H3,(H,20,23)(H,21,24). The molecule has 2 fully saturated rings. The predicted molar refractivity (Wildman–Crippen MR) is 91.8 cm³/mol. The van der Waals surface area contributed by atoms with Crippen molar-refractivity contribution in [3.8, 4) is 0 Å².